The summed E-state index contributed by atoms with van der Waals surface area (Å²) in [7, 11) is 0. The largest absolute Gasteiger partial charge is 0.508 e. The number of aromatic hydroxyl groups is 1. The first-order valence-electron chi connectivity index (χ1n) is 6.64. The second kappa shape index (κ2) is 9.02. The van der Waals surface area contributed by atoms with E-state index in [4.69, 9.17) is 15.5 Å². The average molecular weight is 303 g/mol. The molecule has 0 bridgehead atoms. The van der Waals surface area contributed by atoms with Crippen LogP contribution in [0.5, 0.6) is 5.75 Å². The van der Waals surface area contributed by atoms with Crippen LogP contribution in [0, 0.1) is 11.3 Å². The van der Waals surface area contributed by atoms with Gasteiger partial charge in [0, 0.05) is 19.3 Å². The van der Waals surface area contributed by atoms with Crippen molar-refractivity contribution in [2.75, 3.05) is 13.1 Å². The number of carboxylic acids is 1. The third-order valence-electron chi connectivity index (χ3n) is 2.73. The van der Waals surface area contributed by atoms with Crippen molar-refractivity contribution < 1.29 is 19.8 Å². The van der Waals surface area contributed by atoms with Gasteiger partial charge in [0.05, 0.1) is 6.42 Å². The van der Waals surface area contributed by atoms with Crippen LogP contribution in [0.25, 0.3) is 0 Å². The van der Waals surface area contributed by atoms with Gasteiger partial charge in [0.2, 0.25) is 0 Å². The van der Waals surface area contributed by atoms with Gasteiger partial charge in [-0.1, -0.05) is 12.1 Å². The number of carboxylic acid groups (broad SMARTS) is 1. The van der Waals surface area contributed by atoms with E-state index in [0.717, 1.165) is 5.56 Å². The van der Waals surface area contributed by atoms with Crippen LogP contribution in [-0.2, 0) is 16.0 Å². The number of carbonyl (C=O) groups is 2. The summed E-state index contributed by atoms with van der Waals surface area (Å²) in [6.07, 6.45) is 1.77. The van der Waals surface area contributed by atoms with Gasteiger partial charge in [0.25, 0.3) is 5.91 Å². The average Bonchev–Trinajstić information content (AvgIpc) is 2.48. The number of hydrogen-bond donors (Lipinski definition) is 4. The number of phenolic OH excluding ortho intramolecular Hbond substituents is 1. The molecule has 22 heavy (non-hydrogen) atoms. The van der Waals surface area contributed by atoms with E-state index in [0.29, 0.717) is 13.0 Å². The summed E-state index contributed by atoms with van der Waals surface area (Å²) in [6.45, 7) is 0.485. The van der Waals surface area contributed by atoms with Crippen LogP contribution in [0.4, 0.5) is 0 Å². The van der Waals surface area contributed by atoms with Crippen LogP contribution in [0.15, 0.2) is 36.0 Å². The second-order valence-electron chi connectivity index (χ2n) is 4.44. The zero-order valence-electron chi connectivity index (χ0n) is 11.9. The van der Waals surface area contributed by atoms with Gasteiger partial charge in [-0.15, -0.1) is 0 Å². The Labute approximate surface area is 127 Å². The Morgan fingerprint density at radius 3 is 2.50 bits per heavy atom. The minimum atomic E-state index is -1.02. The van der Waals surface area contributed by atoms with E-state index in [1.807, 2.05) is 0 Å². The van der Waals surface area contributed by atoms with Crippen molar-refractivity contribution in [2.45, 2.75) is 12.8 Å². The Hall–Kier alpha value is -3.01. The van der Waals surface area contributed by atoms with Crippen molar-refractivity contribution in [1.82, 2.24) is 10.6 Å². The molecule has 7 heteroatoms. The predicted molar refractivity (Wildman–Crippen MR) is 78.8 cm³/mol. The number of carbonyl (C=O) groups excluding carboxylic acids is 1. The SMILES string of the molecule is N#C/C(=C/NCCc1ccc(O)cc1)C(=O)NCCC(=O)O. The zero-order chi connectivity index (χ0) is 16.4. The van der Waals surface area contributed by atoms with E-state index >= 15 is 0 Å². The van der Waals surface area contributed by atoms with Crippen molar-refractivity contribution in [1.29, 1.82) is 5.26 Å². The molecule has 1 aromatic rings. The van der Waals surface area contributed by atoms with Gasteiger partial charge in [-0.2, -0.15) is 5.26 Å². The van der Waals surface area contributed by atoms with Crippen molar-refractivity contribution in [2.24, 2.45) is 0 Å². The molecule has 0 aliphatic carbocycles. The van der Waals surface area contributed by atoms with E-state index < -0.39 is 11.9 Å². The second-order valence-corrected chi connectivity index (χ2v) is 4.44. The standard InChI is InChI=1S/C15H17N3O4/c16-9-12(15(22)18-8-6-14(20)21)10-17-7-5-11-1-3-13(19)4-2-11/h1-4,10,17,19H,5-8H2,(H,18,22)(H,20,21)/b12-10-. The first kappa shape index (κ1) is 17.0. The summed E-state index contributed by atoms with van der Waals surface area (Å²) in [4.78, 5) is 21.9. The lowest BCUT2D eigenvalue weighted by molar-refractivity contribution is -0.136. The summed E-state index contributed by atoms with van der Waals surface area (Å²) in [5.41, 5.74) is 0.888. The molecular weight excluding hydrogens is 286 g/mol. The van der Waals surface area contributed by atoms with E-state index in [1.165, 1.54) is 6.20 Å². The molecule has 0 unspecified atom stereocenters. The molecule has 0 saturated carbocycles. The number of phenols is 1. The number of amides is 1. The molecule has 0 spiro atoms. The Morgan fingerprint density at radius 1 is 1.23 bits per heavy atom. The maximum Gasteiger partial charge on any atom is 0.305 e. The maximum atomic E-state index is 11.6. The molecule has 4 N–H and O–H groups in total. The summed E-state index contributed by atoms with van der Waals surface area (Å²) >= 11 is 0. The van der Waals surface area contributed by atoms with Gasteiger partial charge in [-0.25, -0.2) is 0 Å². The smallest absolute Gasteiger partial charge is 0.305 e. The lowest BCUT2D eigenvalue weighted by Crippen LogP contribution is -2.28. The van der Waals surface area contributed by atoms with Gasteiger partial charge in [-0.3, -0.25) is 9.59 Å². The zero-order valence-corrected chi connectivity index (χ0v) is 11.9. The van der Waals surface area contributed by atoms with Gasteiger partial charge in [0.15, 0.2) is 0 Å². The Bertz CT molecular complexity index is 588. The summed E-state index contributed by atoms with van der Waals surface area (Å²) in [6, 6.07) is 8.49. The number of benzene rings is 1. The quantitative estimate of drug-likeness (QED) is 0.315. The summed E-state index contributed by atoms with van der Waals surface area (Å²) < 4.78 is 0. The number of nitrogens with zero attached hydrogens (tertiary/aromatic N) is 1. The fourth-order valence-electron chi connectivity index (χ4n) is 1.58. The Balaban J connectivity index is 2.38. The lowest BCUT2D eigenvalue weighted by Gasteiger charge is -2.04. The highest BCUT2D eigenvalue weighted by molar-refractivity contribution is 5.97. The number of rotatable bonds is 8. The lowest BCUT2D eigenvalue weighted by atomic mass is 10.1. The van der Waals surface area contributed by atoms with E-state index in [9.17, 15) is 9.59 Å². The highest BCUT2D eigenvalue weighted by Crippen LogP contribution is 2.09. The predicted octanol–water partition coefficient (Wildman–Crippen LogP) is 0.523. The first-order chi connectivity index (χ1) is 10.5. The minimum absolute atomic E-state index is 0.0271. The molecule has 1 amide bonds. The molecule has 0 aliphatic rings. The van der Waals surface area contributed by atoms with E-state index in [1.54, 1.807) is 30.3 Å². The Kier molecular flexibility index (Phi) is 6.99. The molecule has 116 valence electrons. The topological polar surface area (TPSA) is 122 Å². The molecule has 0 radical (unpaired) electrons. The number of nitrogens with one attached hydrogen (secondary N) is 2. The third kappa shape index (κ3) is 6.43. The van der Waals surface area contributed by atoms with Gasteiger partial charge >= 0.3 is 5.97 Å². The normalized spacial score (nSPS) is 10.6. The van der Waals surface area contributed by atoms with Crippen molar-refractivity contribution in [3.63, 3.8) is 0 Å². The van der Waals surface area contributed by atoms with Crippen LogP contribution in [-0.4, -0.2) is 35.2 Å². The molecule has 1 rings (SSSR count). The highest BCUT2D eigenvalue weighted by Gasteiger charge is 2.08. The molecule has 0 fully saturated rings. The highest BCUT2D eigenvalue weighted by atomic mass is 16.4. The molecule has 0 saturated heterocycles. The molecule has 0 atom stereocenters. The molecule has 0 aliphatic heterocycles. The maximum absolute atomic E-state index is 11.6. The van der Waals surface area contributed by atoms with Crippen molar-refractivity contribution in [3.05, 3.63) is 41.6 Å². The van der Waals surface area contributed by atoms with Gasteiger partial charge in [0.1, 0.15) is 17.4 Å². The minimum Gasteiger partial charge on any atom is -0.508 e. The Morgan fingerprint density at radius 2 is 1.91 bits per heavy atom. The van der Waals surface area contributed by atoms with E-state index in [-0.39, 0.29) is 24.3 Å². The van der Waals surface area contributed by atoms with Crippen LogP contribution >= 0.6 is 0 Å². The van der Waals surface area contributed by atoms with Crippen LogP contribution < -0.4 is 10.6 Å². The monoisotopic (exact) mass is 303 g/mol. The van der Waals surface area contributed by atoms with Gasteiger partial charge < -0.3 is 20.8 Å². The van der Waals surface area contributed by atoms with Gasteiger partial charge in [-0.05, 0) is 24.1 Å². The van der Waals surface area contributed by atoms with Crippen molar-refractivity contribution >= 4 is 11.9 Å². The molecular formula is C15H17N3O4. The molecule has 0 aromatic heterocycles. The third-order valence-corrected chi connectivity index (χ3v) is 2.73. The molecule has 1 aromatic carbocycles. The molecule has 7 nitrogen and oxygen atoms in total. The van der Waals surface area contributed by atoms with Crippen molar-refractivity contribution in [3.8, 4) is 11.8 Å². The summed E-state index contributed by atoms with van der Waals surface area (Å²) in [5.74, 6) is -1.43. The van der Waals surface area contributed by atoms with Crippen LogP contribution in [0.1, 0.15) is 12.0 Å². The number of hydrogen-bond acceptors (Lipinski definition) is 5. The summed E-state index contributed by atoms with van der Waals surface area (Å²) in [5, 5.41) is 31.7. The van der Waals surface area contributed by atoms with Crippen LogP contribution in [0.2, 0.25) is 0 Å². The number of aliphatic carboxylic acids is 1. The van der Waals surface area contributed by atoms with Crippen LogP contribution in [0.3, 0.4) is 0 Å². The molecule has 0 heterocycles. The first-order valence-corrected chi connectivity index (χ1v) is 6.64. The number of nitriles is 1. The fraction of sp³-hybridized carbons (Fsp3) is 0.267. The van der Waals surface area contributed by atoms with E-state index in [2.05, 4.69) is 10.6 Å². The fourth-order valence-corrected chi connectivity index (χ4v) is 1.58.